The van der Waals surface area contributed by atoms with Crippen LogP contribution in [-0.2, 0) is 6.42 Å². The molecule has 0 bridgehead atoms. The lowest BCUT2D eigenvalue weighted by Crippen LogP contribution is -2.34. The van der Waals surface area contributed by atoms with Crippen molar-refractivity contribution >= 4 is 5.78 Å². The van der Waals surface area contributed by atoms with Crippen molar-refractivity contribution in [3.63, 3.8) is 0 Å². The lowest BCUT2D eigenvalue weighted by atomic mass is 9.91. The van der Waals surface area contributed by atoms with E-state index < -0.39 is 0 Å². The van der Waals surface area contributed by atoms with Gasteiger partial charge in [0.15, 0.2) is 5.78 Å². The van der Waals surface area contributed by atoms with Crippen LogP contribution >= 0.6 is 0 Å². The molecule has 3 rings (SSSR count). The number of likely N-dealkylation sites (tertiary alicyclic amines) is 1. The van der Waals surface area contributed by atoms with E-state index in [4.69, 9.17) is 4.74 Å². The van der Waals surface area contributed by atoms with E-state index in [-0.39, 0.29) is 5.78 Å². The van der Waals surface area contributed by atoms with E-state index in [9.17, 15) is 4.79 Å². The molecule has 144 valence electrons. The minimum absolute atomic E-state index is 0.200. The van der Waals surface area contributed by atoms with Crippen LogP contribution in [0.5, 0.6) is 5.75 Å². The Morgan fingerprint density at radius 2 is 2.11 bits per heavy atom. The molecular weight excluding hydrogens is 334 g/mol. The Morgan fingerprint density at radius 3 is 2.78 bits per heavy atom. The van der Waals surface area contributed by atoms with Gasteiger partial charge in [-0.15, -0.1) is 0 Å². The van der Waals surface area contributed by atoms with Crippen molar-refractivity contribution in [1.82, 2.24) is 4.90 Å². The Bertz CT molecular complexity index is 752. The number of carbonyl (C=O) groups is 1. The Hall–Kier alpha value is -2.13. The van der Waals surface area contributed by atoms with Crippen molar-refractivity contribution < 1.29 is 9.53 Å². The Balaban J connectivity index is 1.47. The van der Waals surface area contributed by atoms with Crippen LogP contribution in [0.25, 0.3) is 0 Å². The van der Waals surface area contributed by atoms with Crippen molar-refractivity contribution in [2.45, 2.75) is 39.0 Å². The predicted octanol–water partition coefficient (Wildman–Crippen LogP) is 4.98. The van der Waals surface area contributed by atoms with Crippen molar-refractivity contribution in [2.24, 2.45) is 5.92 Å². The van der Waals surface area contributed by atoms with E-state index in [1.807, 2.05) is 24.3 Å². The first-order valence-electron chi connectivity index (χ1n) is 10.0. The molecule has 3 nitrogen and oxygen atoms in total. The highest BCUT2D eigenvalue weighted by molar-refractivity contribution is 6.13. The SMILES string of the molecule is C=C/C(=C\C)CN1CCC(CC/C=C2/Cc3cc(OC)ccc3C2=O)CC1. The lowest BCUT2D eigenvalue weighted by molar-refractivity contribution is 0.103. The number of methoxy groups -OCH3 is 1. The highest BCUT2D eigenvalue weighted by Crippen LogP contribution is 2.30. The summed E-state index contributed by atoms with van der Waals surface area (Å²) in [4.78, 5) is 15.1. The molecule has 0 saturated carbocycles. The van der Waals surface area contributed by atoms with Crippen LogP contribution < -0.4 is 4.74 Å². The third-order valence-electron chi connectivity index (χ3n) is 5.94. The molecule has 0 radical (unpaired) electrons. The van der Waals surface area contributed by atoms with Crippen molar-refractivity contribution in [2.75, 3.05) is 26.7 Å². The summed E-state index contributed by atoms with van der Waals surface area (Å²) in [5.74, 6) is 1.80. The Labute approximate surface area is 163 Å². The third kappa shape index (κ3) is 4.78. The Morgan fingerprint density at radius 1 is 1.33 bits per heavy atom. The van der Waals surface area contributed by atoms with Gasteiger partial charge < -0.3 is 4.74 Å². The average molecular weight is 366 g/mol. The van der Waals surface area contributed by atoms with Crippen LogP contribution in [0.3, 0.4) is 0 Å². The van der Waals surface area contributed by atoms with Crippen LogP contribution in [0.2, 0.25) is 0 Å². The number of ketones is 1. The van der Waals surface area contributed by atoms with Gasteiger partial charge in [-0.3, -0.25) is 9.69 Å². The molecule has 0 aromatic heterocycles. The van der Waals surface area contributed by atoms with Crippen LogP contribution in [0, 0.1) is 5.92 Å². The maximum absolute atomic E-state index is 12.6. The molecule has 1 fully saturated rings. The number of piperidine rings is 1. The zero-order valence-corrected chi connectivity index (χ0v) is 16.7. The summed E-state index contributed by atoms with van der Waals surface area (Å²) in [6, 6.07) is 5.76. The van der Waals surface area contributed by atoms with Gasteiger partial charge in [-0.1, -0.05) is 24.8 Å². The fraction of sp³-hybridized carbons (Fsp3) is 0.458. The second-order valence-corrected chi connectivity index (χ2v) is 7.62. The molecule has 1 heterocycles. The van der Waals surface area contributed by atoms with Gasteiger partial charge in [-0.25, -0.2) is 0 Å². The smallest absolute Gasteiger partial charge is 0.189 e. The molecule has 0 N–H and O–H groups in total. The normalized spacial score (nSPS) is 20.1. The number of Topliss-reactive ketones (excluding diaryl/α,β-unsaturated/α-hetero) is 1. The fourth-order valence-corrected chi connectivity index (χ4v) is 4.15. The summed E-state index contributed by atoms with van der Waals surface area (Å²) in [7, 11) is 1.66. The second-order valence-electron chi connectivity index (χ2n) is 7.62. The van der Waals surface area contributed by atoms with Gasteiger partial charge >= 0.3 is 0 Å². The summed E-state index contributed by atoms with van der Waals surface area (Å²) in [6.45, 7) is 9.31. The molecule has 1 aliphatic carbocycles. The van der Waals surface area contributed by atoms with Gasteiger partial charge in [0.2, 0.25) is 0 Å². The van der Waals surface area contributed by atoms with Crippen LogP contribution in [0.1, 0.15) is 48.5 Å². The molecule has 0 atom stereocenters. The summed E-state index contributed by atoms with van der Waals surface area (Å²) in [6.07, 6.45) is 11.7. The molecule has 0 spiro atoms. The largest absolute Gasteiger partial charge is 0.497 e. The summed E-state index contributed by atoms with van der Waals surface area (Å²) < 4.78 is 5.27. The average Bonchev–Trinajstić information content (AvgIpc) is 3.02. The fourth-order valence-electron chi connectivity index (χ4n) is 4.15. The van der Waals surface area contributed by atoms with Gasteiger partial charge in [-0.05, 0) is 81.0 Å². The first-order chi connectivity index (χ1) is 13.1. The third-order valence-corrected chi connectivity index (χ3v) is 5.94. The molecule has 27 heavy (non-hydrogen) atoms. The number of ether oxygens (including phenoxy) is 1. The molecule has 2 aliphatic rings. The van der Waals surface area contributed by atoms with Crippen molar-refractivity contribution in [1.29, 1.82) is 0 Å². The first kappa shape index (κ1) is 19.6. The zero-order chi connectivity index (χ0) is 19.2. The molecule has 0 amide bonds. The molecule has 3 heteroatoms. The molecule has 1 saturated heterocycles. The van der Waals surface area contributed by atoms with Crippen molar-refractivity contribution in [3.05, 3.63) is 65.3 Å². The lowest BCUT2D eigenvalue weighted by Gasteiger charge is -2.32. The second kappa shape index (κ2) is 9.18. The molecule has 1 aromatic rings. The van der Waals surface area contributed by atoms with Gasteiger partial charge in [-0.2, -0.15) is 0 Å². The van der Waals surface area contributed by atoms with Crippen LogP contribution in [0.15, 0.2) is 54.2 Å². The van der Waals surface area contributed by atoms with Gasteiger partial charge in [0.25, 0.3) is 0 Å². The number of allylic oxidation sites excluding steroid dienone is 3. The summed E-state index contributed by atoms with van der Waals surface area (Å²) >= 11 is 0. The number of fused-ring (bicyclic) bond motifs is 1. The monoisotopic (exact) mass is 365 g/mol. The maximum atomic E-state index is 12.6. The van der Waals surface area contributed by atoms with E-state index in [2.05, 4.69) is 30.6 Å². The molecule has 0 unspecified atom stereocenters. The topological polar surface area (TPSA) is 29.5 Å². The van der Waals surface area contributed by atoms with E-state index >= 15 is 0 Å². The number of benzene rings is 1. The quantitative estimate of drug-likeness (QED) is 0.504. The predicted molar refractivity (Wildman–Crippen MR) is 111 cm³/mol. The number of hydrogen-bond acceptors (Lipinski definition) is 3. The standard InChI is InChI=1S/C24H31NO2/c1-4-18(5-2)17-25-13-11-19(12-14-25)7-6-8-20-15-21-16-22(27-3)9-10-23(21)24(20)26/h4-5,8-10,16,19H,1,6-7,11-15,17H2,2-3H3/b18-5+,20-8-. The van der Waals surface area contributed by atoms with Gasteiger partial charge in [0, 0.05) is 24.1 Å². The molecule has 1 aliphatic heterocycles. The highest BCUT2D eigenvalue weighted by atomic mass is 16.5. The number of nitrogens with zero attached hydrogens (tertiary/aromatic N) is 1. The first-order valence-corrected chi connectivity index (χ1v) is 10.0. The number of rotatable bonds is 7. The van der Waals surface area contributed by atoms with Gasteiger partial charge in [0.1, 0.15) is 5.75 Å². The Kier molecular flexibility index (Phi) is 6.68. The molecular formula is C24H31NO2. The van der Waals surface area contributed by atoms with Crippen LogP contribution in [0.4, 0.5) is 0 Å². The summed E-state index contributed by atoms with van der Waals surface area (Å²) in [5.41, 5.74) is 4.21. The number of hydrogen-bond donors (Lipinski definition) is 0. The summed E-state index contributed by atoms with van der Waals surface area (Å²) in [5, 5.41) is 0. The highest BCUT2D eigenvalue weighted by Gasteiger charge is 2.25. The van der Waals surface area contributed by atoms with E-state index in [0.29, 0.717) is 0 Å². The van der Waals surface area contributed by atoms with E-state index in [1.165, 1.54) is 24.8 Å². The number of carbonyl (C=O) groups excluding carboxylic acids is 1. The molecule has 1 aromatic carbocycles. The minimum atomic E-state index is 0.200. The zero-order valence-electron chi connectivity index (χ0n) is 16.7. The van der Waals surface area contributed by atoms with E-state index in [0.717, 1.165) is 60.8 Å². The van der Waals surface area contributed by atoms with E-state index in [1.54, 1.807) is 7.11 Å². The van der Waals surface area contributed by atoms with Crippen LogP contribution in [-0.4, -0.2) is 37.4 Å². The maximum Gasteiger partial charge on any atom is 0.189 e. The van der Waals surface area contributed by atoms with Gasteiger partial charge in [0.05, 0.1) is 7.11 Å². The van der Waals surface area contributed by atoms with Crippen molar-refractivity contribution in [3.8, 4) is 5.75 Å². The minimum Gasteiger partial charge on any atom is -0.497 e.